The van der Waals surface area contributed by atoms with Gasteiger partial charge in [0.1, 0.15) is 5.82 Å². The third-order valence-electron chi connectivity index (χ3n) is 5.02. The molecule has 30 heavy (non-hydrogen) atoms. The Balaban J connectivity index is 1.51. The Morgan fingerprint density at radius 2 is 1.77 bits per heavy atom. The van der Waals surface area contributed by atoms with Gasteiger partial charge in [-0.1, -0.05) is 30.3 Å². The zero-order valence-corrected chi connectivity index (χ0v) is 17.5. The maximum Gasteiger partial charge on any atom is 0.258 e. The minimum atomic E-state index is -0.233. The molecular formula is C23H26N4O3. The van der Waals surface area contributed by atoms with Crippen LogP contribution in [0.5, 0.6) is 0 Å². The number of aromatic amines is 1. The Morgan fingerprint density at radius 1 is 1.07 bits per heavy atom. The molecule has 0 atom stereocenters. The van der Waals surface area contributed by atoms with Gasteiger partial charge in [-0.25, -0.2) is 4.98 Å². The summed E-state index contributed by atoms with van der Waals surface area (Å²) in [7, 11) is 1.61. The summed E-state index contributed by atoms with van der Waals surface area (Å²) < 4.78 is 0. The van der Waals surface area contributed by atoms with Crippen LogP contribution in [0, 0.1) is 13.8 Å². The third-order valence-corrected chi connectivity index (χ3v) is 5.02. The number of carbonyl (C=O) groups excluding carboxylic acids is 2. The molecule has 0 saturated heterocycles. The van der Waals surface area contributed by atoms with E-state index in [1.54, 1.807) is 25.2 Å². The van der Waals surface area contributed by atoms with Gasteiger partial charge in [-0.2, -0.15) is 0 Å². The van der Waals surface area contributed by atoms with E-state index in [0.717, 1.165) is 16.8 Å². The van der Waals surface area contributed by atoms with Crippen LogP contribution in [-0.2, 0) is 16.0 Å². The highest BCUT2D eigenvalue weighted by atomic mass is 16.2. The fraction of sp³-hybridized carbons (Fsp3) is 0.304. The van der Waals surface area contributed by atoms with E-state index in [2.05, 4.69) is 15.3 Å². The lowest BCUT2D eigenvalue weighted by atomic mass is 10.1. The maximum absolute atomic E-state index is 12.4. The highest BCUT2D eigenvalue weighted by molar-refractivity contribution is 5.95. The summed E-state index contributed by atoms with van der Waals surface area (Å²) in [6.07, 6.45) is 1.28. The van der Waals surface area contributed by atoms with Gasteiger partial charge in [0, 0.05) is 25.6 Å². The first-order valence-electron chi connectivity index (χ1n) is 9.93. The second-order valence-electron chi connectivity index (χ2n) is 7.45. The molecule has 1 aromatic heterocycles. The molecule has 0 radical (unpaired) electrons. The number of fused-ring (bicyclic) bond motifs is 1. The van der Waals surface area contributed by atoms with Crippen LogP contribution in [-0.4, -0.2) is 40.3 Å². The quantitative estimate of drug-likeness (QED) is 0.631. The first-order valence-corrected chi connectivity index (χ1v) is 9.93. The zero-order chi connectivity index (χ0) is 21.7. The molecule has 2 aromatic carbocycles. The number of aryl methyl sites for hydroxylation is 3. The minimum Gasteiger partial charge on any atom is -0.336 e. The summed E-state index contributed by atoms with van der Waals surface area (Å²) >= 11 is 0. The number of hydrogen-bond acceptors (Lipinski definition) is 4. The Morgan fingerprint density at radius 3 is 2.50 bits per heavy atom. The number of hydrogen-bond donors (Lipinski definition) is 2. The van der Waals surface area contributed by atoms with Crippen LogP contribution >= 0.6 is 0 Å². The van der Waals surface area contributed by atoms with Crippen molar-refractivity contribution < 1.29 is 9.59 Å². The number of para-hydroxylation sites is 2. The molecule has 0 spiro atoms. The predicted octanol–water partition coefficient (Wildman–Crippen LogP) is 2.96. The number of benzene rings is 2. The maximum atomic E-state index is 12.4. The lowest BCUT2D eigenvalue weighted by molar-refractivity contribution is -0.133. The minimum absolute atomic E-state index is 0.0162. The van der Waals surface area contributed by atoms with E-state index in [0.29, 0.717) is 29.6 Å². The number of amides is 2. The summed E-state index contributed by atoms with van der Waals surface area (Å²) in [5, 5.41) is 3.44. The highest BCUT2D eigenvalue weighted by Gasteiger charge is 2.14. The number of rotatable bonds is 7. The van der Waals surface area contributed by atoms with E-state index >= 15 is 0 Å². The smallest absolute Gasteiger partial charge is 0.258 e. The molecule has 0 saturated carbocycles. The summed E-state index contributed by atoms with van der Waals surface area (Å²) in [6, 6.07) is 13.0. The normalized spacial score (nSPS) is 10.8. The highest BCUT2D eigenvalue weighted by Crippen LogP contribution is 2.19. The standard InChI is InChI=1S/C23H26N4O3/c1-15-8-6-9-16(2)22(15)26-20(28)14-27(3)21(29)13-7-12-19-24-18-11-5-4-10-17(18)23(30)25-19/h4-6,8-11H,7,12-14H2,1-3H3,(H,26,28)(H,24,25,30). The first-order chi connectivity index (χ1) is 14.3. The van der Waals surface area contributed by atoms with Crippen molar-refractivity contribution in [3.8, 4) is 0 Å². The summed E-state index contributed by atoms with van der Waals surface area (Å²) in [5.74, 6) is 0.195. The SMILES string of the molecule is Cc1cccc(C)c1NC(=O)CN(C)C(=O)CCCc1nc2ccccc2c(=O)[nH]1. The second-order valence-corrected chi connectivity index (χ2v) is 7.45. The second kappa shape index (κ2) is 9.35. The topological polar surface area (TPSA) is 95.2 Å². The van der Waals surface area contributed by atoms with Crippen molar-refractivity contribution >= 4 is 28.4 Å². The van der Waals surface area contributed by atoms with Crippen LogP contribution in [0.25, 0.3) is 10.9 Å². The van der Waals surface area contributed by atoms with Crippen molar-refractivity contribution in [3.63, 3.8) is 0 Å². The van der Waals surface area contributed by atoms with E-state index in [-0.39, 0.29) is 30.3 Å². The van der Waals surface area contributed by atoms with E-state index in [9.17, 15) is 14.4 Å². The molecule has 0 fully saturated rings. The lowest BCUT2D eigenvalue weighted by Crippen LogP contribution is -2.35. The lowest BCUT2D eigenvalue weighted by Gasteiger charge is -2.18. The number of nitrogens with one attached hydrogen (secondary N) is 2. The van der Waals surface area contributed by atoms with Crippen molar-refractivity contribution in [1.82, 2.24) is 14.9 Å². The van der Waals surface area contributed by atoms with Crippen LogP contribution in [0.4, 0.5) is 5.69 Å². The van der Waals surface area contributed by atoms with Crippen molar-refractivity contribution in [2.45, 2.75) is 33.1 Å². The van der Waals surface area contributed by atoms with Crippen LogP contribution in [0.3, 0.4) is 0 Å². The Labute approximate surface area is 175 Å². The van der Waals surface area contributed by atoms with Crippen molar-refractivity contribution in [2.75, 3.05) is 18.9 Å². The van der Waals surface area contributed by atoms with Gasteiger partial charge >= 0.3 is 0 Å². The summed E-state index contributed by atoms with van der Waals surface area (Å²) in [6.45, 7) is 3.85. The molecule has 0 bridgehead atoms. The molecule has 0 aliphatic carbocycles. The molecule has 2 N–H and O–H groups in total. The molecule has 2 amide bonds. The molecule has 0 aliphatic heterocycles. The number of likely N-dealkylation sites (N-methyl/N-ethyl adjacent to an activating group) is 1. The van der Waals surface area contributed by atoms with Crippen molar-refractivity contribution in [2.24, 2.45) is 0 Å². The number of carbonyl (C=O) groups is 2. The van der Waals surface area contributed by atoms with Gasteiger partial charge in [0.15, 0.2) is 0 Å². The predicted molar refractivity (Wildman–Crippen MR) is 117 cm³/mol. The molecule has 0 unspecified atom stereocenters. The van der Waals surface area contributed by atoms with Crippen LogP contribution in [0.2, 0.25) is 0 Å². The summed E-state index contributed by atoms with van der Waals surface area (Å²) in [5.41, 5.74) is 3.21. The average molecular weight is 406 g/mol. The number of nitrogens with zero attached hydrogens (tertiary/aromatic N) is 2. The Kier molecular flexibility index (Phi) is 6.61. The van der Waals surface area contributed by atoms with E-state index in [4.69, 9.17) is 0 Å². The Bertz CT molecular complexity index is 1120. The molecule has 7 heteroatoms. The molecule has 1 heterocycles. The van der Waals surface area contributed by atoms with Gasteiger partial charge in [0.2, 0.25) is 11.8 Å². The fourth-order valence-electron chi connectivity index (χ4n) is 3.35. The van der Waals surface area contributed by atoms with Gasteiger partial charge in [-0.3, -0.25) is 14.4 Å². The van der Waals surface area contributed by atoms with Gasteiger partial charge < -0.3 is 15.2 Å². The van der Waals surface area contributed by atoms with Gasteiger partial charge in [-0.15, -0.1) is 0 Å². The summed E-state index contributed by atoms with van der Waals surface area (Å²) in [4.78, 5) is 45.5. The monoisotopic (exact) mass is 406 g/mol. The third kappa shape index (κ3) is 5.11. The molecule has 7 nitrogen and oxygen atoms in total. The molecule has 3 rings (SSSR count). The fourth-order valence-corrected chi connectivity index (χ4v) is 3.35. The van der Waals surface area contributed by atoms with E-state index < -0.39 is 0 Å². The molecule has 156 valence electrons. The number of anilines is 1. The van der Waals surface area contributed by atoms with E-state index in [1.165, 1.54) is 4.90 Å². The van der Waals surface area contributed by atoms with Crippen molar-refractivity contribution in [3.05, 3.63) is 69.8 Å². The largest absolute Gasteiger partial charge is 0.336 e. The number of aromatic nitrogens is 2. The molecular weight excluding hydrogens is 380 g/mol. The van der Waals surface area contributed by atoms with Crippen molar-refractivity contribution in [1.29, 1.82) is 0 Å². The van der Waals surface area contributed by atoms with Gasteiger partial charge in [0.05, 0.1) is 17.4 Å². The van der Waals surface area contributed by atoms with E-state index in [1.807, 2.05) is 38.1 Å². The van der Waals surface area contributed by atoms with Gasteiger partial charge in [0.25, 0.3) is 5.56 Å². The van der Waals surface area contributed by atoms with Gasteiger partial charge in [-0.05, 0) is 43.5 Å². The molecule has 0 aliphatic rings. The van der Waals surface area contributed by atoms with Crippen LogP contribution in [0.15, 0.2) is 47.3 Å². The molecule has 3 aromatic rings. The zero-order valence-electron chi connectivity index (χ0n) is 17.5. The number of H-pyrrole nitrogens is 1. The first kappa shape index (κ1) is 21.2. The van der Waals surface area contributed by atoms with Crippen LogP contribution in [0.1, 0.15) is 29.8 Å². The van der Waals surface area contributed by atoms with Crippen LogP contribution < -0.4 is 10.9 Å². The Hall–Kier alpha value is -3.48. The average Bonchev–Trinajstić information content (AvgIpc) is 2.71.